The Labute approximate surface area is 75.7 Å². The van der Waals surface area contributed by atoms with Crippen LogP contribution in [0, 0.1) is 47.3 Å². The lowest BCUT2D eigenvalue weighted by Gasteiger charge is -2.42. The van der Waals surface area contributed by atoms with Gasteiger partial charge in [0.1, 0.15) is 11.6 Å². The Bertz CT molecular complexity index is 346. The van der Waals surface area contributed by atoms with E-state index in [4.69, 9.17) is 0 Å². The normalized spacial score (nSPS) is 74.2. The van der Waals surface area contributed by atoms with Crippen molar-refractivity contribution in [2.45, 2.75) is 6.42 Å². The molecule has 0 radical (unpaired) electrons. The first-order valence-corrected chi connectivity index (χ1v) is 5.38. The predicted octanol–water partition coefficient (Wildman–Crippen LogP) is 0.512. The molecule has 13 heavy (non-hydrogen) atoms. The average Bonchev–Trinajstić information content (AvgIpc) is 2.52. The second-order valence-electron chi connectivity index (χ2n) is 5.63. The predicted molar refractivity (Wildman–Crippen MR) is 42.6 cm³/mol. The summed E-state index contributed by atoms with van der Waals surface area (Å²) in [5.74, 6) is 4.49. The van der Waals surface area contributed by atoms with Gasteiger partial charge in [-0.15, -0.1) is 0 Å². The van der Waals surface area contributed by atoms with E-state index < -0.39 is 0 Å². The van der Waals surface area contributed by atoms with Crippen LogP contribution in [0.3, 0.4) is 0 Å². The summed E-state index contributed by atoms with van der Waals surface area (Å²) in [5.41, 5.74) is 0. The lowest BCUT2D eigenvalue weighted by Crippen LogP contribution is -2.47. The second kappa shape index (κ2) is 1.32. The van der Waals surface area contributed by atoms with E-state index in [-0.39, 0.29) is 23.7 Å². The molecule has 0 aromatic carbocycles. The van der Waals surface area contributed by atoms with Crippen molar-refractivity contribution < 1.29 is 9.59 Å². The smallest absolute Gasteiger partial charge is 0.141 e. The van der Waals surface area contributed by atoms with E-state index in [1.165, 1.54) is 6.42 Å². The summed E-state index contributed by atoms with van der Waals surface area (Å²) >= 11 is 0. The van der Waals surface area contributed by atoms with E-state index in [0.717, 1.165) is 0 Å². The summed E-state index contributed by atoms with van der Waals surface area (Å²) in [4.78, 5) is 23.8. The molecule has 0 amide bonds. The molecule has 0 aromatic heterocycles. The molecule has 5 fully saturated rings. The van der Waals surface area contributed by atoms with E-state index >= 15 is 0 Å². The van der Waals surface area contributed by atoms with Crippen molar-refractivity contribution in [1.29, 1.82) is 0 Å². The Morgan fingerprint density at radius 3 is 1.69 bits per heavy atom. The minimum atomic E-state index is 0.211. The maximum absolute atomic E-state index is 11.9. The van der Waals surface area contributed by atoms with Crippen LogP contribution in [-0.4, -0.2) is 11.6 Å². The first-order chi connectivity index (χ1) is 6.30. The summed E-state index contributed by atoms with van der Waals surface area (Å²) in [6.07, 6.45) is 1.22. The van der Waals surface area contributed by atoms with Crippen molar-refractivity contribution in [3.05, 3.63) is 0 Å². The zero-order valence-corrected chi connectivity index (χ0v) is 7.14. The van der Waals surface area contributed by atoms with Crippen LogP contribution in [0.25, 0.3) is 0 Å². The van der Waals surface area contributed by atoms with Crippen molar-refractivity contribution in [2.75, 3.05) is 0 Å². The van der Waals surface area contributed by atoms with E-state index in [0.29, 0.717) is 35.2 Å². The molecule has 5 saturated carbocycles. The monoisotopic (exact) mass is 174 g/mol. The summed E-state index contributed by atoms with van der Waals surface area (Å²) in [5, 5.41) is 0. The summed E-state index contributed by atoms with van der Waals surface area (Å²) in [7, 11) is 0. The number of fused-ring (bicyclic) bond motifs is 2. The highest BCUT2D eigenvalue weighted by molar-refractivity contribution is 6.06. The highest BCUT2D eigenvalue weighted by Crippen LogP contribution is 2.80. The van der Waals surface area contributed by atoms with Crippen LogP contribution in [0.2, 0.25) is 0 Å². The van der Waals surface area contributed by atoms with Gasteiger partial charge < -0.3 is 0 Å². The van der Waals surface area contributed by atoms with Crippen molar-refractivity contribution in [2.24, 2.45) is 47.3 Å². The summed E-state index contributed by atoms with van der Waals surface area (Å²) in [6.45, 7) is 0. The number of carbonyl (C=O) groups is 2. The Morgan fingerprint density at radius 1 is 0.769 bits per heavy atom. The Hall–Kier alpha value is -0.660. The number of ketones is 2. The van der Waals surface area contributed by atoms with Gasteiger partial charge in [0.05, 0.1) is 0 Å². The minimum absolute atomic E-state index is 0.211. The molecule has 0 N–H and O–H groups in total. The highest BCUT2D eigenvalue weighted by atomic mass is 16.1. The first kappa shape index (κ1) is 5.94. The van der Waals surface area contributed by atoms with Gasteiger partial charge in [-0.1, -0.05) is 0 Å². The summed E-state index contributed by atoms with van der Waals surface area (Å²) < 4.78 is 0. The molecule has 0 spiro atoms. The highest BCUT2D eigenvalue weighted by Gasteiger charge is 2.84. The number of Topliss-reactive ketones (excluding diaryl/α,β-unsaturated/α-hetero) is 2. The molecule has 66 valence electrons. The molecule has 8 atom stereocenters. The second-order valence-corrected chi connectivity index (χ2v) is 5.63. The molecule has 0 heterocycles. The molecule has 2 bridgehead atoms. The van der Waals surface area contributed by atoms with Gasteiger partial charge in [0.2, 0.25) is 0 Å². The quantitative estimate of drug-likeness (QED) is 0.536. The van der Waals surface area contributed by atoms with Crippen LogP contribution in [0.1, 0.15) is 6.42 Å². The fourth-order valence-electron chi connectivity index (χ4n) is 5.80. The molecule has 1 unspecified atom stereocenters. The van der Waals surface area contributed by atoms with Gasteiger partial charge in [0.15, 0.2) is 0 Å². The maximum atomic E-state index is 11.9. The van der Waals surface area contributed by atoms with Gasteiger partial charge in [-0.3, -0.25) is 9.59 Å². The third-order valence-corrected chi connectivity index (χ3v) is 5.82. The number of rotatable bonds is 0. The molecule has 0 saturated heterocycles. The first-order valence-electron chi connectivity index (χ1n) is 5.38. The Morgan fingerprint density at radius 2 is 1.23 bits per heavy atom. The van der Waals surface area contributed by atoms with Crippen LogP contribution >= 0.6 is 0 Å². The fourth-order valence-corrected chi connectivity index (χ4v) is 5.80. The number of carbonyl (C=O) groups excluding carboxylic acids is 2. The molecule has 2 heteroatoms. The van der Waals surface area contributed by atoms with Gasteiger partial charge in [0.25, 0.3) is 0 Å². The largest absolute Gasteiger partial charge is 0.299 e. The van der Waals surface area contributed by atoms with E-state index in [9.17, 15) is 9.59 Å². The van der Waals surface area contributed by atoms with Crippen LogP contribution in [0.4, 0.5) is 0 Å². The number of hydrogen-bond donors (Lipinski definition) is 0. The average molecular weight is 174 g/mol. The zero-order chi connectivity index (χ0) is 8.48. The maximum Gasteiger partial charge on any atom is 0.141 e. The molecule has 5 aliphatic carbocycles. The molecule has 0 aromatic rings. The molecular formula is C11H10O2. The van der Waals surface area contributed by atoms with Gasteiger partial charge >= 0.3 is 0 Å². The Balaban J connectivity index is 1.92. The lowest BCUT2D eigenvalue weighted by molar-refractivity contribution is -0.145. The Kier molecular flexibility index (Phi) is 0.602. The van der Waals surface area contributed by atoms with E-state index in [2.05, 4.69) is 0 Å². The lowest BCUT2D eigenvalue weighted by atomic mass is 9.59. The van der Waals surface area contributed by atoms with Crippen LogP contribution < -0.4 is 0 Å². The van der Waals surface area contributed by atoms with Crippen LogP contribution in [0.15, 0.2) is 0 Å². The van der Waals surface area contributed by atoms with Crippen molar-refractivity contribution in [3.8, 4) is 0 Å². The SMILES string of the molecule is O=C1[C@@H]2[C@@H]3C[C@@H]4C5[C@H]3[C@@H]1[C@@H]5C(=O)[C@@H]24. The van der Waals surface area contributed by atoms with Crippen molar-refractivity contribution in [1.82, 2.24) is 0 Å². The van der Waals surface area contributed by atoms with Crippen molar-refractivity contribution in [3.63, 3.8) is 0 Å². The van der Waals surface area contributed by atoms with E-state index in [1.807, 2.05) is 0 Å². The van der Waals surface area contributed by atoms with Crippen LogP contribution in [-0.2, 0) is 9.59 Å². The van der Waals surface area contributed by atoms with Crippen LogP contribution in [0.5, 0.6) is 0 Å². The third-order valence-electron chi connectivity index (χ3n) is 5.82. The topological polar surface area (TPSA) is 34.1 Å². The van der Waals surface area contributed by atoms with E-state index in [1.54, 1.807) is 0 Å². The summed E-state index contributed by atoms with van der Waals surface area (Å²) in [6, 6.07) is 0. The molecule has 0 aliphatic heterocycles. The zero-order valence-electron chi connectivity index (χ0n) is 7.14. The fraction of sp³-hybridized carbons (Fsp3) is 0.818. The molecule has 2 nitrogen and oxygen atoms in total. The molecular weight excluding hydrogens is 164 g/mol. The molecule has 5 rings (SSSR count). The number of hydrogen-bond acceptors (Lipinski definition) is 2. The van der Waals surface area contributed by atoms with Gasteiger partial charge in [-0.2, -0.15) is 0 Å². The van der Waals surface area contributed by atoms with Gasteiger partial charge in [-0.25, -0.2) is 0 Å². The third kappa shape index (κ3) is 0.323. The standard InChI is InChI=1S/C11H10O2/c12-10-6-2-1-3-5-4(2)8(10)9(5)11(13)7(3)6/h2-9H,1H2/t2-,3-,4+,5?,6-,7-,8-,9-/m1/s1. The van der Waals surface area contributed by atoms with Gasteiger partial charge in [0, 0.05) is 23.7 Å². The minimum Gasteiger partial charge on any atom is -0.299 e. The van der Waals surface area contributed by atoms with Crippen molar-refractivity contribution >= 4 is 11.6 Å². The molecule has 5 aliphatic rings. The van der Waals surface area contributed by atoms with Gasteiger partial charge in [-0.05, 0) is 30.1 Å².